The average Bonchev–Trinajstić information content (AvgIpc) is 2.79. The summed E-state index contributed by atoms with van der Waals surface area (Å²) < 4.78 is 0. The Balaban J connectivity index is 1.65. The van der Waals surface area contributed by atoms with Gasteiger partial charge in [-0.25, -0.2) is 0 Å². The predicted octanol–water partition coefficient (Wildman–Crippen LogP) is 1.33. The molecule has 1 saturated heterocycles. The Bertz CT molecular complexity index is 199. The normalized spacial score (nSPS) is 34.1. The van der Waals surface area contributed by atoms with E-state index in [1.807, 2.05) is 0 Å². The summed E-state index contributed by atoms with van der Waals surface area (Å²) in [7, 11) is 0. The molecule has 16 heavy (non-hydrogen) atoms. The first kappa shape index (κ1) is 12.3. The summed E-state index contributed by atoms with van der Waals surface area (Å²) in [5.41, 5.74) is 6.00. The summed E-state index contributed by atoms with van der Waals surface area (Å²) in [5.74, 6) is 0. The van der Waals surface area contributed by atoms with Crippen molar-refractivity contribution in [1.82, 2.24) is 10.2 Å². The van der Waals surface area contributed by atoms with E-state index in [2.05, 4.69) is 17.1 Å². The van der Waals surface area contributed by atoms with Crippen molar-refractivity contribution in [3.8, 4) is 0 Å². The maximum Gasteiger partial charge on any atom is 0.0192 e. The summed E-state index contributed by atoms with van der Waals surface area (Å²) >= 11 is 0. The highest BCUT2D eigenvalue weighted by Crippen LogP contribution is 2.17. The first-order valence-corrected chi connectivity index (χ1v) is 6.98. The monoisotopic (exact) mass is 225 g/mol. The Kier molecular flexibility index (Phi) is 4.62. The minimum atomic E-state index is 0.438. The van der Waals surface area contributed by atoms with Gasteiger partial charge >= 0.3 is 0 Å². The molecule has 3 nitrogen and oxygen atoms in total. The molecule has 0 amide bonds. The lowest BCUT2D eigenvalue weighted by atomic mass is 9.91. The van der Waals surface area contributed by atoms with Gasteiger partial charge in [-0.1, -0.05) is 6.42 Å². The van der Waals surface area contributed by atoms with E-state index in [9.17, 15) is 0 Å². The molecule has 3 N–H and O–H groups in total. The number of nitrogens with zero attached hydrogens (tertiary/aromatic N) is 1. The molecular weight excluding hydrogens is 198 g/mol. The lowest BCUT2D eigenvalue weighted by Gasteiger charge is -2.30. The van der Waals surface area contributed by atoms with Gasteiger partial charge in [-0.15, -0.1) is 0 Å². The fourth-order valence-electron chi connectivity index (χ4n) is 3.06. The third kappa shape index (κ3) is 3.44. The fourth-order valence-corrected chi connectivity index (χ4v) is 3.06. The van der Waals surface area contributed by atoms with Gasteiger partial charge in [0.15, 0.2) is 0 Å². The van der Waals surface area contributed by atoms with Crippen LogP contribution < -0.4 is 11.1 Å². The zero-order chi connectivity index (χ0) is 11.4. The molecule has 1 heterocycles. The van der Waals surface area contributed by atoms with Crippen LogP contribution in [0.25, 0.3) is 0 Å². The second-order valence-corrected chi connectivity index (χ2v) is 5.62. The highest BCUT2D eigenvalue weighted by molar-refractivity contribution is 4.82. The average molecular weight is 225 g/mol. The van der Waals surface area contributed by atoms with Gasteiger partial charge in [0, 0.05) is 24.7 Å². The highest BCUT2D eigenvalue weighted by Gasteiger charge is 2.21. The first-order chi connectivity index (χ1) is 7.75. The minimum absolute atomic E-state index is 0.438. The highest BCUT2D eigenvalue weighted by atomic mass is 15.2. The Morgan fingerprint density at radius 2 is 2.00 bits per heavy atom. The molecule has 2 rings (SSSR count). The van der Waals surface area contributed by atoms with Crippen LogP contribution in [0.2, 0.25) is 0 Å². The molecule has 0 bridgehead atoms. The van der Waals surface area contributed by atoms with Crippen molar-refractivity contribution < 1.29 is 0 Å². The van der Waals surface area contributed by atoms with Crippen molar-refractivity contribution in [1.29, 1.82) is 0 Å². The van der Waals surface area contributed by atoms with Crippen LogP contribution in [0.5, 0.6) is 0 Å². The largest absolute Gasteiger partial charge is 0.328 e. The standard InChI is InChI=1S/C13H27N3/c1-11(16-7-2-3-8-16)10-15-13-6-4-5-12(14)9-13/h11-13,15H,2-10,14H2,1H3. The molecule has 0 radical (unpaired) electrons. The van der Waals surface area contributed by atoms with E-state index in [4.69, 9.17) is 5.73 Å². The van der Waals surface area contributed by atoms with Crippen LogP contribution in [0.1, 0.15) is 45.4 Å². The molecule has 2 aliphatic rings. The summed E-state index contributed by atoms with van der Waals surface area (Å²) in [6.45, 7) is 6.08. The number of likely N-dealkylation sites (tertiary alicyclic amines) is 1. The number of hydrogen-bond donors (Lipinski definition) is 2. The third-order valence-corrected chi connectivity index (χ3v) is 4.18. The molecule has 0 spiro atoms. The molecule has 2 fully saturated rings. The smallest absolute Gasteiger partial charge is 0.0192 e. The van der Waals surface area contributed by atoms with E-state index in [1.165, 1.54) is 51.6 Å². The topological polar surface area (TPSA) is 41.3 Å². The van der Waals surface area contributed by atoms with Crippen LogP contribution in [-0.4, -0.2) is 42.7 Å². The molecule has 1 aliphatic heterocycles. The molecule has 1 saturated carbocycles. The Labute approximate surface area is 99.8 Å². The Morgan fingerprint density at radius 3 is 2.69 bits per heavy atom. The molecule has 0 aromatic carbocycles. The Morgan fingerprint density at radius 1 is 1.25 bits per heavy atom. The van der Waals surface area contributed by atoms with Crippen molar-refractivity contribution in [2.75, 3.05) is 19.6 Å². The minimum Gasteiger partial charge on any atom is -0.328 e. The fraction of sp³-hybridized carbons (Fsp3) is 1.00. The van der Waals surface area contributed by atoms with Gasteiger partial charge in [-0.05, 0) is 52.1 Å². The lowest BCUT2D eigenvalue weighted by Crippen LogP contribution is -2.45. The Hall–Kier alpha value is -0.120. The van der Waals surface area contributed by atoms with E-state index in [1.54, 1.807) is 0 Å². The van der Waals surface area contributed by atoms with Crippen LogP contribution in [0.15, 0.2) is 0 Å². The van der Waals surface area contributed by atoms with Gasteiger partial charge in [0.1, 0.15) is 0 Å². The molecule has 3 atom stereocenters. The SMILES string of the molecule is CC(CNC1CCCC(N)C1)N1CCCC1. The quantitative estimate of drug-likeness (QED) is 0.758. The maximum absolute atomic E-state index is 6.00. The molecule has 3 unspecified atom stereocenters. The van der Waals surface area contributed by atoms with Gasteiger partial charge in [0.05, 0.1) is 0 Å². The van der Waals surface area contributed by atoms with Crippen LogP contribution in [0, 0.1) is 0 Å². The lowest BCUT2D eigenvalue weighted by molar-refractivity contribution is 0.234. The number of hydrogen-bond acceptors (Lipinski definition) is 3. The van der Waals surface area contributed by atoms with E-state index in [0.29, 0.717) is 18.1 Å². The van der Waals surface area contributed by atoms with E-state index in [0.717, 1.165) is 6.54 Å². The molecule has 3 heteroatoms. The van der Waals surface area contributed by atoms with Gasteiger partial charge in [0.2, 0.25) is 0 Å². The molecule has 94 valence electrons. The van der Waals surface area contributed by atoms with Gasteiger partial charge in [-0.2, -0.15) is 0 Å². The summed E-state index contributed by atoms with van der Waals surface area (Å²) in [6, 6.07) is 1.81. The zero-order valence-corrected chi connectivity index (χ0v) is 10.6. The molecule has 0 aromatic heterocycles. The summed E-state index contributed by atoms with van der Waals surface area (Å²) in [4.78, 5) is 2.61. The third-order valence-electron chi connectivity index (χ3n) is 4.18. The van der Waals surface area contributed by atoms with Crippen LogP contribution in [0.3, 0.4) is 0 Å². The van der Waals surface area contributed by atoms with Crippen molar-refractivity contribution >= 4 is 0 Å². The van der Waals surface area contributed by atoms with Crippen molar-refractivity contribution in [3.63, 3.8) is 0 Å². The molecular formula is C13H27N3. The van der Waals surface area contributed by atoms with Gasteiger partial charge in [-0.3, -0.25) is 4.90 Å². The van der Waals surface area contributed by atoms with Gasteiger partial charge < -0.3 is 11.1 Å². The van der Waals surface area contributed by atoms with E-state index >= 15 is 0 Å². The van der Waals surface area contributed by atoms with E-state index in [-0.39, 0.29) is 0 Å². The summed E-state index contributed by atoms with van der Waals surface area (Å²) in [5, 5.41) is 3.71. The summed E-state index contributed by atoms with van der Waals surface area (Å²) in [6.07, 6.45) is 7.79. The van der Waals surface area contributed by atoms with Crippen molar-refractivity contribution in [2.45, 2.75) is 63.6 Å². The number of rotatable bonds is 4. The number of nitrogens with two attached hydrogens (primary N) is 1. The number of nitrogens with one attached hydrogen (secondary N) is 1. The van der Waals surface area contributed by atoms with Crippen LogP contribution >= 0.6 is 0 Å². The van der Waals surface area contributed by atoms with Crippen LogP contribution in [-0.2, 0) is 0 Å². The van der Waals surface area contributed by atoms with Crippen molar-refractivity contribution in [3.05, 3.63) is 0 Å². The zero-order valence-electron chi connectivity index (χ0n) is 10.6. The first-order valence-electron chi connectivity index (χ1n) is 6.98. The van der Waals surface area contributed by atoms with E-state index < -0.39 is 0 Å². The second-order valence-electron chi connectivity index (χ2n) is 5.62. The van der Waals surface area contributed by atoms with Crippen LogP contribution in [0.4, 0.5) is 0 Å². The van der Waals surface area contributed by atoms with Crippen molar-refractivity contribution in [2.24, 2.45) is 5.73 Å². The van der Waals surface area contributed by atoms with Gasteiger partial charge in [0.25, 0.3) is 0 Å². The maximum atomic E-state index is 6.00. The molecule has 1 aliphatic carbocycles. The second kappa shape index (κ2) is 5.99. The predicted molar refractivity (Wildman–Crippen MR) is 68.5 cm³/mol. The molecule has 0 aromatic rings.